The molecule has 0 aliphatic carbocycles. The number of benzene rings is 1. The third-order valence-electron chi connectivity index (χ3n) is 5.78. The van der Waals surface area contributed by atoms with E-state index in [9.17, 15) is 4.79 Å². The first-order valence-electron chi connectivity index (χ1n) is 9.23. The first-order valence-corrected chi connectivity index (χ1v) is 9.23. The fraction of sp³-hybridized carbons (Fsp3) is 0.632. The highest BCUT2D eigenvalue weighted by molar-refractivity contribution is 5.90. The number of amides is 2. The van der Waals surface area contributed by atoms with E-state index in [1.165, 1.54) is 11.3 Å². The van der Waals surface area contributed by atoms with Gasteiger partial charge in [0, 0.05) is 44.0 Å². The lowest BCUT2D eigenvalue weighted by atomic mass is 9.90. The zero-order valence-electron chi connectivity index (χ0n) is 15.1. The minimum atomic E-state index is -0.546. The number of urea groups is 1. The van der Waals surface area contributed by atoms with Gasteiger partial charge < -0.3 is 24.6 Å². The van der Waals surface area contributed by atoms with Crippen LogP contribution in [-0.2, 0) is 15.9 Å². The normalized spacial score (nSPS) is 25.1. The number of likely N-dealkylation sites (tertiary alicyclic amines) is 1. The molecule has 0 aromatic heterocycles. The summed E-state index contributed by atoms with van der Waals surface area (Å²) in [5.74, 6) is -0.324. The highest BCUT2D eigenvalue weighted by Crippen LogP contribution is 2.34. The lowest BCUT2D eigenvalue weighted by Gasteiger charge is -2.39. The van der Waals surface area contributed by atoms with Crippen molar-refractivity contribution in [2.75, 3.05) is 50.1 Å². The summed E-state index contributed by atoms with van der Waals surface area (Å²) < 4.78 is 11.6. The van der Waals surface area contributed by atoms with Crippen LogP contribution in [0.3, 0.4) is 0 Å². The Labute approximate surface area is 149 Å². The summed E-state index contributed by atoms with van der Waals surface area (Å²) in [7, 11) is 2.09. The minimum absolute atomic E-state index is 0.0353. The molecule has 1 aromatic rings. The van der Waals surface area contributed by atoms with Gasteiger partial charge in [0.2, 0.25) is 0 Å². The monoisotopic (exact) mass is 345 g/mol. The van der Waals surface area contributed by atoms with Gasteiger partial charge in [0.15, 0.2) is 5.79 Å². The molecule has 25 heavy (non-hydrogen) atoms. The Balaban J connectivity index is 1.42. The molecular weight excluding hydrogens is 318 g/mol. The number of carbonyl (C=O) groups is 1. The molecule has 0 bridgehead atoms. The van der Waals surface area contributed by atoms with E-state index in [2.05, 4.69) is 29.4 Å². The molecular formula is C19H27N3O3. The number of piperidine rings is 1. The summed E-state index contributed by atoms with van der Waals surface area (Å²) in [6, 6.07) is 6.16. The lowest BCUT2D eigenvalue weighted by Crippen LogP contribution is -2.49. The van der Waals surface area contributed by atoms with E-state index in [0.29, 0.717) is 19.8 Å². The van der Waals surface area contributed by atoms with Crippen LogP contribution >= 0.6 is 0 Å². The number of hydrogen-bond acceptors (Lipinski definition) is 4. The third-order valence-corrected chi connectivity index (χ3v) is 5.78. The summed E-state index contributed by atoms with van der Waals surface area (Å²) in [5, 5.41) is 3.06. The van der Waals surface area contributed by atoms with Crippen molar-refractivity contribution < 1.29 is 14.3 Å². The Morgan fingerprint density at radius 3 is 2.88 bits per heavy atom. The molecule has 4 rings (SSSR count). The Kier molecular flexibility index (Phi) is 4.33. The number of anilines is 2. The van der Waals surface area contributed by atoms with Crippen LogP contribution in [0, 0.1) is 5.92 Å². The smallest absolute Gasteiger partial charge is 0.321 e. The Morgan fingerprint density at radius 1 is 1.28 bits per heavy atom. The predicted molar refractivity (Wildman–Crippen MR) is 97.0 cm³/mol. The van der Waals surface area contributed by atoms with Gasteiger partial charge in [-0.3, -0.25) is 0 Å². The molecule has 1 atom stereocenters. The molecule has 3 aliphatic heterocycles. The highest BCUT2D eigenvalue weighted by atomic mass is 16.7. The van der Waals surface area contributed by atoms with Gasteiger partial charge in [-0.1, -0.05) is 6.07 Å². The van der Waals surface area contributed by atoms with Crippen molar-refractivity contribution >= 4 is 17.4 Å². The number of rotatable bonds is 2. The van der Waals surface area contributed by atoms with E-state index >= 15 is 0 Å². The van der Waals surface area contributed by atoms with Gasteiger partial charge in [0.1, 0.15) is 0 Å². The number of hydrogen-bond donors (Lipinski definition) is 1. The van der Waals surface area contributed by atoms with Crippen LogP contribution in [0.25, 0.3) is 0 Å². The van der Waals surface area contributed by atoms with Crippen LogP contribution < -0.4 is 10.2 Å². The Hall–Kier alpha value is -1.79. The summed E-state index contributed by atoms with van der Waals surface area (Å²) >= 11 is 0. The fourth-order valence-corrected chi connectivity index (χ4v) is 4.18. The number of carbonyl (C=O) groups excluding carboxylic acids is 1. The summed E-state index contributed by atoms with van der Waals surface area (Å²) in [5.41, 5.74) is 3.43. The second-order valence-electron chi connectivity index (χ2n) is 7.44. The van der Waals surface area contributed by atoms with E-state index in [0.717, 1.165) is 38.0 Å². The van der Waals surface area contributed by atoms with Crippen LogP contribution in [0.5, 0.6) is 0 Å². The Morgan fingerprint density at radius 2 is 2.08 bits per heavy atom. The Bertz CT molecular complexity index is 657. The number of nitrogens with one attached hydrogen (secondary N) is 1. The highest BCUT2D eigenvalue weighted by Gasteiger charge is 2.42. The van der Waals surface area contributed by atoms with Crippen LogP contribution in [0.15, 0.2) is 18.2 Å². The summed E-state index contributed by atoms with van der Waals surface area (Å²) in [6.45, 7) is 5.78. The van der Waals surface area contributed by atoms with Crippen molar-refractivity contribution in [2.24, 2.45) is 5.92 Å². The second kappa shape index (κ2) is 6.50. The van der Waals surface area contributed by atoms with Gasteiger partial charge in [-0.15, -0.1) is 0 Å². The first-order chi connectivity index (χ1) is 12.0. The van der Waals surface area contributed by atoms with Gasteiger partial charge in [0.05, 0.1) is 13.2 Å². The average molecular weight is 345 g/mol. The second-order valence-corrected chi connectivity index (χ2v) is 7.44. The van der Waals surface area contributed by atoms with Crippen molar-refractivity contribution in [3.8, 4) is 0 Å². The fourth-order valence-electron chi connectivity index (χ4n) is 4.18. The van der Waals surface area contributed by atoms with Crippen LogP contribution in [0.2, 0.25) is 0 Å². The van der Waals surface area contributed by atoms with Crippen molar-refractivity contribution in [2.45, 2.75) is 32.0 Å². The van der Waals surface area contributed by atoms with E-state index in [-0.39, 0.29) is 11.9 Å². The van der Waals surface area contributed by atoms with Crippen LogP contribution in [-0.4, -0.2) is 56.6 Å². The maximum atomic E-state index is 12.7. The van der Waals surface area contributed by atoms with E-state index < -0.39 is 5.79 Å². The topological polar surface area (TPSA) is 54.0 Å². The van der Waals surface area contributed by atoms with E-state index in [1.807, 2.05) is 17.9 Å². The number of likely N-dealkylation sites (N-methyl/N-ethyl adjacent to an activating group) is 1. The number of nitrogens with zero attached hydrogens (tertiary/aromatic N) is 2. The summed E-state index contributed by atoms with van der Waals surface area (Å²) in [4.78, 5) is 16.9. The molecule has 0 saturated carbocycles. The van der Waals surface area contributed by atoms with Gasteiger partial charge in [-0.25, -0.2) is 4.79 Å². The minimum Gasteiger partial charge on any atom is -0.374 e. The molecule has 6 heteroatoms. The molecule has 0 spiro atoms. The maximum Gasteiger partial charge on any atom is 0.321 e. The molecule has 2 fully saturated rings. The number of ether oxygens (including phenoxy) is 2. The van der Waals surface area contributed by atoms with Crippen LogP contribution in [0.4, 0.5) is 16.2 Å². The first kappa shape index (κ1) is 16.7. The van der Waals surface area contributed by atoms with Gasteiger partial charge in [-0.05, 0) is 43.9 Å². The van der Waals surface area contributed by atoms with Crippen molar-refractivity contribution in [3.05, 3.63) is 23.8 Å². The molecule has 136 valence electrons. The third kappa shape index (κ3) is 3.20. The van der Waals surface area contributed by atoms with E-state index in [4.69, 9.17) is 9.47 Å². The molecule has 0 radical (unpaired) electrons. The predicted octanol–water partition coefficient (Wildman–Crippen LogP) is 2.69. The van der Waals surface area contributed by atoms with Crippen molar-refractivity contribution in [1.29, 1.82) is 0 Å². The zero-order valence-corrected chi connectivity index (χ0v) is 15.1. The average Bonchev–Trinajstić information content (AvgIpc) is 3.23. The molecule has 2 amide bonds. The molecule has 3 aliphatic rings. The molecule has 3 heterocycles. The van der Waals surface area contributed by atoms with Gasteiger partial charge in [0.25, 0.3) is 0 Å². The molecule has 1 aromatic carbocycles. The largest absolute Gasteiger partial charge is 0.374 e. The van der Waals surface area contributed by atoms with E-state index in [1.54, 1.807) is 0 Å². The lowest BCUT2D eigenvalue weighted by molar-refractivity contribution is -0.189. The maximum absolute atomic E-state index is 12.7. The molecule has 1 N–H and O–H groups in total. The molecule has 0 unspecified atom stereocenters. The van der Waals surface area contributed by atoms with Gasteiger partial charge >= 0.3 is 6.03 Å². The van der Waals surface area contributed by atoms with Crippen molar-refractivity contribution in [3.63, 3.8) is 0 Å². The summed E-state index contributed by atoms with van der Waals surface area (Å²) in [6.07, 6.45) is 3.09. The molecule has 6 nitrogen and oxygen atoms in total. The molecule has 2 saturated heterocycles. The van der Waals surface area contributed by atoms with Crippen LogP contribution in [0.1, 0.15) is 25.3 Å². The standard InChI is InChI=1S/C19H27N3O3/c1-19(24-10-11-25-19)15-4-3-8-22(13-15)18(23)20-16-6-5-14-7-9-21(2)17(14)12-16/h5-6,12,15H,3-4,7-11,13H2,1-2H3,(H,20,23)/t15-/m0/s1. The van der Waals surface area contributed by atoms with Gasteiger partial charge in [-0.2, -0.15) is 0 Å². The zero-order chi connectivity index (χ0) is 17.4. The SMILES string of the molecule is CN1CCc2ccc(NC(=O)N3CCC[C@H](C4(C)OCCO4)C3)cc21. The van der Waals surface area contributed by atoms with Crippen molar-refractivity contribution in [1.82, 2.24) is 4.90 Å². The number of fused-ring (bicyclic) bond motifs is 1. The quantitative estimate of drug-likeness (QED) is 0.895.